The van der Waals surface area contributed by atoms with Gasteiger partial charge in [-0.25, -0.2) is 13.1 Å². The predicted molar refractivity (Wildman–Crippen MR) is 131 cm³/mol. The summed E-state index contributed by atoms with van der Waals surface area (Å²) < 4.78 is 31.5. The first-order valence-corrected chi connectivity index (χ1v) is 12.9. The molecule has 1 heterocycles. The van der Waals surface area contributed by atoms with E-state index in [1.807, 2.05) is 69.3 Å². The Morgan fingerprint density at radius 2 is 1.72 bits per heavy atom. The SMILES string of the molecule is CC[C@H](NS(=O)(=O)c1ccc2c(c1)sc(=O)n2Cc1ccccc1)c1ccc(C)c(C)c1. The predicted octanol–water partition coefficient (Wildman–Crippen LogP) is 5.16. The molecular formula is C25H26N2O3S2. The lowest BCUT2D eigenvalue weighted by atomic mass is 10.0. The summed E-state index contributed by atoms with van der Waals surface area (Å²) in [5, 5.41) is 0. The molecule has 1 N–H and O–H groups in total. The third kappa shape index (κ3) is 4.55. The number of fused-ring (bicyclic) bond motifs is 1. The molecule has 0 amide bonds. The van der Waals surface area contributed by atoms with Gasteiger partial charge < -0.3 is 0 Å². The Bertz CT molecular complexity index is 1420. The first-order chi connectivity index (χ1) is 15.3. The fourth-order valence-corrected chi connectivity index (χ4v) is 6.09. The van der Waals surface area contributed by atoms with Crippen LogP contribution in [0.3, 0.4) is 0 Å². The highest BCUT2D eigenvalue weighted by Crippen LogP contribution is 2.26. The van der Waals surface area contributed by atoms with E-state index in [9.17, 15) is 13.2 Å². The normalized spacial score (nSPS) is 12.8. The number of nitrogens with zero attached hydrogens (tertiary/aromatic N) is 1. The van der Waals surface area contributed by atoms with Crippen molar-refractivity contribution in [3.8, 4) is 0 Å². The summed E-state index contributed by atoms with van der Waals surface area (Å²) in [6.07, 6.45) is 0.630. The Labute approximate surface area is 192 Å². The summed E-state index contributed by atoms with van der Waals surface area (Å²) in [5.41, 5.74) is 5.01. The Hall–Kier alpha value is -2.74. The van der Waals surface area contributed by atoms with Crippen molar-refractivity contribution in [3.63, 3.8) is 0 Å². The second-order valence-electron chi connectivity index (χ2n) is 8.00. The maximum absolute atomic E-state index is 13.2. The van der Waals surface area contributed by atoms with Gasteiger partial charge in [-0.05, 0) is 60.7 Å². The van der Waals surface area contributed by atoms with Gasteiger partial charge in [0.25, 0.3) is 0 Å². The molecule has 0 bridgehead atoms. The summed E-state index contributed by atoms with van der Waals surface area (Å²) in [5.74, 6) is 0. The molecule has 0 saturated heterocycles. The van der Waals surface area contributed by atoms with Crippen molar-refractivity contribution >= 4 is 31.6 Å². The van der Waals surface area contributed by atoms with E-state index in [4.69, 9.17) is 0 Å². The molecule has 1 atom stereocenters. The summed E-state index contributed by atoms with van der Waals surface area (Å²) in [6.45, 7) is 6.47. The first-order valence-electron chi connectivity index (χ1n) is 10.6. The van der Waals surface area contributed by atoms with Gasteiger partial charge in [-0.15, -0.1) is 0 Å². The Morgan fingerprint density at radius 3 is 2.41 bits per heavy atom. The highest BCUT2D eigenvalue weighted by molar-refractivity contribution is 7.89. The summed E-state index contributed by atoms with van der Waals surface area (Å²) in [7, 11) is -3.75. The van der Waals surface area contributed by atoms with Crippen LogP contribution in [0.4, 0.5) is 0 Å². The number of hydrogen-bond acceptors (Lipinski definition) is 4. The summed E-state index contributed by atoms with van der Waals surface area (Å²) >= 11 is 1.07. The third-order valence-corrected chi connectivity index (χ3v) is 8.18. The zero-order valence-electron chi connectivity index (χ0n) is 18.3. The van der Waals surface area contributed by atoms with E-state index in [0.717, 1.165) is 33.5 Å². The highest BCUT2D eigenvalue weighted by atomic mass is 32.2. The Kier molecular flexibility index (Phi) is 6.33. The van der Waals surface area contributed by atoms with Crippen LogP contribution >= 0.6 is 11.3 Å². The van der Waals surface area contributed by atoms with Crippen LogP contribution < -0.4 is 9.60 Å². The largest absolute Gasteiger partial charge is 0.308 e. The number of sulfonamides is 1. The molecule has 0 aliphatic rings. The van der Waals surface area contributed by atoms with Crippen molar-refractivity contribution in [1.82, 2.24) is 9.29 Å². The van der Waals surface area contributed by atoms with Gasteiger partial charge in [0.1, 0.15) is 0 Å². The van der Waals surface area contributed by atoms with Crippen molar-refractivity contribution in [2.75, 3.05) is 0 Å². The summed E-state index contributed by atoms with van der Waals surface area (Å²) in [6, 6.07) is 20.3. The van der Waals surface area contributed by atoms with Gasteiger partial charge in [0.05, 0.1) is 21.7 Å². The lowest BCUT2D eigenvalue weighted by molar-refractivity contribution is 0.550. The molecule has 0 fully saturated rings. The van der Waals surface area contributed by atoms with E-state index in [0.29, 0.717) is 17.7 Å². The van der Waals surface area contributed by atoms with Crippen LogP contribution in [0.25, 0.3) is 10.2 Å². The number of nitrogens with one attached hydrogen (secondary N) is 1. The number of rotatable bonds is 7. The molecule has 4 aromatic rings. The van der Waals surface area contributed by atoms with Crippen LogP contribution in [-0.4, -0.2) is 13.0 Å². The molecule has 0 saturated carbocycles. The molecule has 0 spiro atoms. The molecule has 4 rings (SSSR count). The summed E-state index contributed by atoms with van der Waals surface area (Å²) in [4.78, 5) is 12.7. The maximum Gasteiger partial charge on any atom is 0.308 e. The third-order valence-electron chi connectivity index (χ3n) is 5.77. The van der Waals surface area contributed by atoms with Crippen molar-refractivity contribution in [2.45, 2.75) is 44.7 Å². The standard InChI is InChI=1S/C25H26N2O3S2/c1-4-22(20-11-10-17(2)18(3)14-20)26-32(29,30)21-12-13-23-24(15-21)31-25(28)27(23)16-19-8-6-5-7-9-19/h5-15,22,26H,4,16H2,1-3H3/t22-/m0/s1. The number of hydrogen-bond donors (Lipinski definition) is 1. The quantitative estimate of drug-likeness (QED) is 0.409. The number of aromatic nitrogens is 1. The fraction of sp³-hybridized carbons (Fsp3) is 0.240. The molecule has 7 heteroatoms. The van der Waals surface area contributed by atoms with Crippen molar-refractivity contribution in [1.29, 1.82) is 0 Å². The zero-order chi connectivity index (χ0) is 22.9. The number of thiazole rings is 1. The lowest BCUT2D eigenvalue weighted by Gasteiger charge is -2.19. The van der Waals surface area contributed by atoms with Crippen LogP contribution in [-0.2, 0) is 16.6 Å². The molecule has 0 radical (unpaired) electrons. The van der Waals surface area contributed by atoms with E-state index in [1.54, 1.807) is 22.8 Å². The lowest BCUT2D eigenvalue weighted by Crippen LogP contribution is -2.28. The van der Waals surface area contributed by atoms with Gasteiger partial charge in [0, 0.05) is 6.04 Å². The second-order valence-corrected chi connectivity index (χ2v) is 10.7. The smallest absolute Gasteiger partial charge is 0.294 e. The van der Waals surface area contributed by atoms with E-state index in [1.165, 1.54) is 5.56 Å². The molecule has 0 aliphatic carbocycles. The molecule has 166 valence electrons. The van der Waals surface area contributed by atoms with E-state index < -0.39 is 10.0 Å². The molecule has 0 aliphatic heterocycles. The number of aryl methyl sites for hydroxylation is 2. The van der Waals surface area contributed by atoms with E-state index in [2.05, 4.69) is 4.72 Å². The molecule has 5 nitrogen and oxygen atoms in total. The fourth-order valence-electron chi connectivity index (χ4n) is 3.75. The topological polar surface area (TPSA) is 68.2 Å². The van der Waals surface area contributed by atoms with Crippen molar-refractivity contribution < 1.29 is 8.42 Å². The average Bonchev–Trinajstić information content (AvgIpc) is 3.09. The van der Waals surface area contributed by atoms with E-state index >= 15 is 0 Å². The monoisotopic (exact) mass is 466 g/mol. The molecule has 1 aromatic heterocycles. The van der Waals surface area contributed by atoms with Crippen molar-refractivity contribution in [2.24, 2.45) is 0 Å². The Morgan fingerprint density at radius 1 is 0.969 bits per heavy atom. The van der Waals surface area contributed by atoms with Crippen molar-refractivity contribution in [3.05, 3.63) is 98.7 Å². The van der Waals surface area contributed by atoms with E-state index in [-0.39, 0.29) is 15.8 Å². The minimum Gasteiger partial charge on any atom is -0.294 e. The first kappa shape index (κ1) is 22.5. The number of benzene rings is 3. The zero-order valence-corrected chi connectivity index (χ0v) is 20.0. The van der Waals surface area contributed by atoms with Gasteiger partial charge in [-0.2, -0.15) is 0 Å². The van der Waals surface area contributed by atoms with Gasteiger partial charge in [0.2, 0.25) is 10.0 Å². The minimum absolute atomic E-state index is 0.104. The second kappa shape index (κ2) is 9.02. The minimum atomic E-state index is -3.75. The maximum atomic E-state index is 13.2. The highest BCUT2D eigenvalue weighted by Gasteiger charge is 2.22. The van der Waals surface area contributed by atoms with Crippen LogP contribution in [0.5, 0.6) is 0 Å². The van der Waals surface area contributed by atoms with Crippen LogP contribution in [0.2, 0.25) is 0 Å². The van der Waals surface area contributed by atoms with Gasteiger partial charge in [-0.1, -0.05) is 66.8 Å². The Balaban J connectivity index is 1.64. The molecular weight excluding hydrogens is 440 g/mol. The van der Waals surface area contributed by atoms with Crippen LogP contribution in [0, 0.1) is 13.8 Å². The molecule has 32 heavy (non-hydrogen) atoms. The van der Waals surface area contributed by atoms with Gasteiger partial charge >= 0.3 is 4.87 Å². The van der Waals surface area contributed by atoms with Gasteiger partial charge in [-0.3, -0.25) is 9.36 Å². The molecule has 3 aromatic carbocycles. The average molecular weight is 467 g/mol. The van der Waals surface area contributed by atoms with Crippen LogP contribution in [0.15, 0.2) is 76.4 Å². The van der Waals surface area contributed by atoms with Gasteiger partial charge in [0.15, 0.2) is 0 Å². The molecule has 0 unspecified atom stereocenters. The van der Waals surface area contributed by atoms with Crippen LogP contribution in [0.1, 0.15) is 41.6 Å².